The average molecular weight is 232 g/mol. The average Bonchev–Trinajstić information content (AvgIpc) is 2.37. The number of rotatable bonds is 4. The van der Waals surface area contributed by atoms with Crippen LogP contribution in [-0.4, -0.2) is 26.2 Å². The van der Waals surface area contributed by atoms with E-state index in [9.17, 15) is 0 Å². The molecule has 0 aliphatic carbocycles. The smallest absolute Gasteiger partial charge is 0.0398 e. The third-order valence-electron chi connectivity index (χ3n) is 3.78. The molecule has 1 N–H and O–H groups in total. The second-order valence-electron chi connectivity index (χ2n) is 5.02. The SMILES string of the molecule is CNCCC1CCCCN1c1ccccc1C. The first kappa shape index (κ1) is 12.4. The normalized spacial score (nSPS) is 20.6. The Kier molecular flexibility index (Phi) is 4.43. The van der Waals surface area contributed by atoms with Gasteiger partial charge in [0.1, 0.15) is 0 Å². The van der Waals surface area contributed by atoms with E-state index in [1.54, 1.807) is 0 Å². The maximum absolute atomic E-state index is 3.27. The van der Waals surface area contributed by atoms with E-state index in [4.69, 9.17) is 0 Å². The van der Waals surface area contributed by atoms with Gasteiger partial charge in [-0.1, -0.05) is 18.2 Å². The van der Waals surface area contributed by atoms with Gasteiger partial charge in [0.15, 0.2) is 0 Å². The maximum Gasteiger partial charge on any atom is 0.0398 e. The van der Waals surface area contributed by atoms with Crippen molar-refractivity contribution in [3.8, 4) is 0 Å². The number of anilines is 1. The van der Waals surface area contributed by atoms with E-state index in [2.05, 4.69) is 41.4 Å². The highest BCUT2D eigenvalue weighted by Crippen LogP contribution is 2.28. The van der Waals surface area contributed by atoms with E-state index in [1.165, 1.54) is 43.5 Å². The summed E-state index contributed by atoms with van der Waals surface area (Å²) < 4.78 is 0. The number of hydrogen-bond acceptors (Lipinski definition) is 2. The Bertz CT molecular complexity index is 349. The van der Waals surface area contributed by atoms with Crippen molar-refractivity contribution < 1.29 is 0 Å². The Morgan fingerprint density at radius 3 is 2.88 bits per heavy atom. The van der Waals surface area contributed by atoms with Gasteiger partial charge in [-0.2, -0.15) is 0 Å². The first-order chi connectivity index (χ1) is 8.33. The van der Waals surface area contributed by atoms with Gasteiger partial charge in [-0.3, -0.25) is 0 Å². The van der Waals surface area contributed by atoms with Crippen LogP contribution in [0.1, 0.15) is 31.2 Å². The standard InChI is InChI=1S/C15H24N2/c1-13-7-3-4-9-15(13)17-12-6-5-8-14(17)10-11-16-2/h3-4,7,9,14,16H,5-6,8,10-12H2,1-2H3. The van der Waals surface area contributed by atoms with Crippen LogP contribution in [0.4, 0.5) is 5.69 Å². The molecule has 0 aromatic heterocycles. The molecule has 1 aliphatic rings. The van der Waals surface area contributed by atoms with E-state index >= 15 is 0 Å². The fourth-order valence-electron chi connectivity index (χ4n) is 2.81. The molecule has 0 bridgehead atoms. The number of nitrogens with zero attached hydrogens (tertiary/aromatic N) is 1. The number of nitrogens with one attached hydrogen (secondary N) is 1. The molecule has 0 amide bonds. The molecule has 1 unspecified atom stereocenters. The van der Waals surface area contributed by atoms with Gasteiger partial charge >= 0.3 is 0 Å². The molecule has 1 aromatic rings. The molecule has 1 aliphatic heterocycles. The van der Waals surface area contributed by atoms with Crippen LogP contribution in [0.25, 0.3) is 0 Å². The second kappa shape index (κ2) is 6.06. The first-order valence-electron chi connectivity index (χ1n) is 6.80. The monoisotopic (exact) mass is 232 g/mol. The van der Waals surface area contributed by atoms with Crippen LogP contribution >= 0.6 is 0 Å². The van der Waals surface area contributed by atoms with Crippen molar-refractivity contribution in [2.75, 3.05) is 25.0 Å². The Labute approximate surface area is 105 Å². The van der Waals surface area contributed by atoms with Gasteiger partial charge in [0.2, 0.25) is 0 Å². The molecule has 0 saturated carbocycles. The minimum Gasteiger partial charge on any atom is -0.368 e. The first-order valence-corrected chi connectivity index (χ1v) is 6.80. The molecule has 1 heterocycles. The van der Waals surface area contributed by atoms with Crippen LogP contribution in [0.5, 0.6) is 0 Å². The molecule has 2 nitrogen and oxygen atoms in total. The number of benzene rings is 1. The predicted octanol–water partition coefficient (Wildman–Crippen LogP) is 2.96. The molecule has 1 atom stereocenters. The number of piperidine rings is 1. The summed E-state index contributed by atoms with van der Waals surface area (Å²) >= 11 is 0. The van der Waals surface area contributed by atoms with Gasteiger partial charge in [0.05, 0.1) is 0 Å². The van der Waals surface area contributed by atoms with Gasteiger partial charge in [0.25, 0.3) is 0 Å². The van der Waals surface area contributed by atoms with Gasteiger partial charge < -0.3 is 10.2 Å². The van der Waals surface area contributed by atoms with Crippen LogP contribution in [0, 0.1) is 6.92 Å². The topological polar surface area (TPSA) is 15.3 Å². The van der Waals surface area contributed by atoms with E-state index in [0.717, 1.165) is 12.6 Å². The Morgan fingerprint density at radius 1 is 1.29 bits per heavy atom. The molecular formula is C15H24N2. The fraction of sp³-hybridized carbons (Fsp3) is 0.600. The van der Waals surface area contributed by atoms with Crippen LogP contribution < -0.4 is 10.2 Å². The molecule has 0 radical (unpaired) electrons. The van der Waals surface area contributed by atoms with Crippen molar-refractivity contribution in [1.82, 2.24) is 5.32 Å². The Morgan fingerprint density at radius 2 is 2.12 bits per heavy atom. The lowest BCUT2D eigenvalue weighted by Gasteiger charge is -2.38. The van der Waals surface area contributed by atoms with Crippen LogP contribution in [0.2, 0.25) is 0 Å². The van der Waals surface area contributed by atoms with Crippen LogP contribution in [-0.2, 0) is 0 Å². The fourth-order valence-corrected chi connectivity index (χ4v) is 2.81. The second-order valence-corrected chi connectivity index (χ2v) is 5.02. The minimum atomic E-state index is 0.720. The lowest BCUT2D eigenvalue weighted by Crippen LogP contribution is -2.41. The number of aryl methyl sites for hydroxylation is 1. The highest BCUT2D eigenvalue weighted by Gasteiger charge is 2.22. The summed E-state index contributed by atoms with van der Waals surface area (Å²) in [6.45, 7) is 4.56. The molecule has 1 saturated heterocycles. The van der Waals surface area contributed by atoms with Crippen LogP contribution in [0.3, 0.4) is 0 Å². The van der Waals surface area contributed by atoms with Crippen molar-refractivity contribution in [3.63, 3.8) is 0 Å². The largest absolute Gasteiger partial charge is 0.368 e. The molecular weight excluding hydrogens is 208 g/mol. The summed E-state index contributed by atoms with van der Waals surface area (Å²) in [5.41, 5.74) is 2.84. The molecule has 17 heavy (non-hydrogen) atoms. The molecule has 2 rings (SSSR count). The van der Waals surface area contributed by atoms with Crippen molar-refractivity contribution >= 4 is 5.69 Å². The zero-order chi connectivity index (χ0) is 12.1. The summed E-state index contributed by atoms with van der Waals surface area (Å²) in [6.07, 6.45) is 5.32. The third-order valence-corrected chi connectivity index (χ3v) is 3.78. The Hall–Kier alpha value is -1.02. The highest BCUT2D eigenvalue weighted by atomic mass is 15.2. The molecule has 0 spiro atoms. The lowest BCUT2D eigenvalue weighted by atomic mass is 9.97. The van der Waals surface area contributed by atoms with Gasteiger partial charge in [-0.05, 0) is 57.8 Å². The van der Waals surface area contributed by atoms with E-state index in [0.29, 0.717) is 0 Å². The predicted molar refractivity (Wildman–Crippen MR) is 74.7 cm³/mol. The van der Waals surface area contributed by atoms with Crippen molar-refractivity contribution in [2.45, 2.75) is 38.6 Å². The summed E-state index contributed by atoms with van der Waals surface area (Å²) in [5, 5.41) is 3.27. The molecule has 1 fully saturated rings. The van der Waals surface area contributed by atoms with Crippen molar-refractivity contribution in [2.24, 2.45) is 0 Å². The lowest BCUT2D eigenvalue weighted by molar-refractivity contribution is 0.433. The minimum absolute atomic E-state index is 0.720. The summed E-state index contributed by atoms with van der Waals surface area (Å²) in [4.78, 5) is 2.62. The van der Waals surface area contributed by atoms with Crippen LogP contribution in [0.15, 0.2) is 24.3 Å². The zero-order valence-corrected chi connectivity index (χ0v) is 11.1. The van der Waals surface area contributed by atoms with E-state index in [-0.39, 0.29) is 0 Å². The molecule has 2 heteroatoms. The number of hydrogen-bond donors (Lipinski definition) is 1. The Balaban J connectivity index is 2.13. The highest BCUT2D eigenvalue weighted by molar-refractivity contribution is 5.54. The van der Waals surface area contributed by atoms with Crippen molar-refractivity contribution in [1.29, 1.82) is 0 Å². The summed E-state index contributed by atoms with van der Waals surface area (Å²) in [7, 11) is 2.04. The number of para-hydroxylation sites is 1. The zero-order valence-electron chi connectivity index (χ0n) is 11.1. The quantitative estimate of drug-likeness (QED) is 0.858. The summed E-state index contributed by atoms with van der Waals surface area (Å²) in [5.74, 6) is 0. The summed E-state index contributed by atoms with van der Waals surface area (Å²) in [6, 6.07) is 9.50. The maximum atomic E-state index is 3.27. The van der Waals surface area contributed by atoms with Crippen molar-refractivity contribution in [3.05, 3.63) is 29.8 Å². The van der Waals surface area contributed by atoms with E-state index in [1.807, 2.05) is 7.05 Å². The van der Waals surface area contributed by atoms with E-state index < -0.39 is 0 Å². The molecule has 1 aromatic carbocycles. The molecule has 94 valence electrons. The van der Waals surface area contributed by atoms with Gasteiger partial charge in [-0.25, -0.2) is 0 Å². The van der Waals surface area contributed by atoms with Gasteiger partial charge in [-0.15, -0.1) is 0 Å². The third kappa shape index (κ3) is 3.01. The van der Waals surface area contributed by atoms with Gasteiger partial charge in [0, 0.05) is 18.3 Å².